The van der Waals surface area contributed by atoms with Crippen LogP contribution in [0, 0.1) is 11.3 Å². The van der Waals surface area contributed by atoms with Gasteiger partial charge >= 0.3 is 0 Å². The van der Waals surface area contributed by atoms with Crippen LogP contribution in [0.3, 0.4) is 0 Å². The highest BCUT2D eigenvalue weighted by molar-refractivity contribution is 5.14. The van der Waals surface area contributed by atoms with Crippen molar-refractivity contribution in [3.05, 3.63) is 30.1 Å². The summed E-state index contributed by atoms with van der Waals surface area (Å²) in [4.78, 5) is 4.08. The minimum absolute atomic E-state index is 0.0125. The second-order valence-corrected chi connectivity index (χ2v) is 7.39. The summed E-state index contributed by atoms with van der Waals surface area (Å²) in [6.07, 6.45) is 10.9. The van der Waals surface area contributed by atoms with Gasteiger partial charge in [-0.2, -0.15) is 0 Å². The minimum Gasteiger partial charge on any atom is -0.325 e. The van der Waals surface area contributed by atoms with Gasteiger partial charge in [0.25, 0.3) is 0 Å². The molecule has 0 radical (unpaired) electrons. The number of nitrogens with two attached hydrogens (primary N) is 1. The van der Waals surface area contributed by atoms with Crippen LogP contribution in [0.4, 0.5) is 0 Å². The second-order valence-electron chi connectivity index (χ2n) is 7.39. The molecule has 2 unspecified atom stereocenters. The average molecular weight is 260 g/mol. The van der Waals surface area contributed by atoms with Crippen LogP contribution >= 0.6 is 0 Å². The van der Waals surface area contributed by atoms with E-state index in [-0.39, 0.29) is 5.54 Å². The zero-order chi connectivity index (χ0) is 13.9. The molecule has 1 aliphatic rings. The predicted molar refractivity (Wildman–Crippen MR) is 80.9 cm³/mol. The van der Waals surface area contributed by atoms with Gasteiger partial charge in [-0.1, -0.05) is 27.2 Å². The van der Waals surface area contributed by atoms with Gasteiger partial charge in [0.2, 0.25) is 0 Å². The van der Waals surface area contributed by atoms with Crippen molar-refractivity contribution in [2.24, 2.45) is 17.1 Å². The zero-order valence-corrected chi connectivity index (χ0v) is 12.7. The highest BCUT2D eigenvalue weighted by Gasteiger charge is 2.33. The zero-order valence-electron chi connectivity index (χ0n) is 12.7. The van der Waals surface area contributed by atoms with E-state index in [1.54, 1.807) is 0 Å². The van der Waals surface area contributed by atoms with Gasteiger partial charge in [-0.15, -0.1) is 0 Å². The van der Waals surface area contributed by atoms with E-state index in [4.69, 9.17) is 5.73 Å². The van der Waals surface area contributed by atoms with Crippen molar-refractivity contribution in [1.82, 2.24) is 4.98 Å². The molecule has 1 aromatic heterocycles. The molecule has 0 amide bonds. The topological polar surface area (TPSA) is 38.9 Å². The Hall–Kier alpha value is -0.890. The lowest BCUT2D eigenvalue weighted by Crippen LogP contribution is -2.41. The molecule has 106 valence electrons. The Bertz CT molecular complexity index is 393. The van der Waals surface area contributed by atoms with Crippen molar-refractivity contribution < 1.29 is 0 Å². The third-order valence-corrected chi connectivity index (χ3v) is 4.75. The summed E-state index contributed by atoms with van der Waals surface area (Å²) in [7, 11) is 0. The quantitative estimate of drug-likeness (QED) is 0.818. The lowest BCUT2D eigenvalue weighted by Gasteiger charge is -2.31. The van der Waals surface area contributed by atoms with E-state index < -0.39 is 0 Å². The van der Waals surface area contributed by atoms with E-state index in [1.807, 2.05) is 12.4 Å². The third-order valence-electron chi connectivity index (χ3n) is 4.75. The molecule has 0 aliphatic heterocycles. The fourth-order valence-corrected chi connectivity index (χ4v) is 3.38. The predicted octanol–water partition coefficient (Wildman–Crippen LogP) is 3.95. The molecular weight excluding hydrogens is 232 g/mol. The maximum atomic E-state index is 6.68. The molecule has 1 saturated carbocycles. The molecule has 0 aromatic carbocycles. The normalized spacial score (nSPS) is 28.9. The Balaban J connectivity index is 2.01. The van der Waals surface area contributed by atoms with E-state index in [2.05, 4.69) is 37.9 Å². The summed E-state index contributed by atoms with van der Waals surface area (Å²) in [6.45, 7) is 7.10. The minimum atomic E-state index is -0.0125. The summed E-state index contributed by atoms with van der Waals surface area (Å²) >= 11 is 0. The van der Waals surface area contributed by atoms with Crippen molar-refractivity contribution in [3.8, 4) is 0 Å². The largest absolute Gasteiger partial charge is 0.325 e. The monoisotopic (exact) mass is 260 g/mol. The van der Waals surface area contributed by atoms with E-state index in [0.29, 0.717) is 5.41 Å². The molecule has 1 aliphatic carbocycles. The molecule has 1 heterocycles. The lowest BCUT2D eigenvalue weighted by molar-refractivity contribution is 0.210. The Kier molecular flexibility index (Phi) is 4.29. The molecular formula is C17H28N2. The van der Waals surface area contributed by atoms with Crippen molar-refractivity contribution in [1.29, 1.82) is 0 Å². The van der Waals surface area contributed by atoms with Gasteiger partial charge in [0.1, 0.15) is 0 Å². The van der Waals surface area contributed by atoms with Gasteiger partial charge in [0.05, 0.1) is 0 Å². The van der Waals surface area contributed by atoms with E-state index in [9.17, 15) is 0 Å². The third kappa shape index (κ3) is 4.04. The molecule has 2 rings (SSSR count). The van der Waals surface area contributed by atoms with Crippen LogP contribution in [0.5, 0.6) is 0 Å². The molecule has 2 nitrogen and oxygen atoms in total. The standard InChI is InChI=1S/C17H28N2/c1-16(2,3)15-5-4-9-17(18,10-6-15)13-14-7-11-19-12-8-14/h7-8,11-12,15H,4-6,9-10,13,18H2,1-3H3. The Morgan fingerprint density at radius 2 is 1.89 bits per heavy atom. The van der Waals surface area contributed by atoms with Crippen molar-refractivity contribution in [2.75, 3.05) is 0 Å². The molecule has 2 heteroatoms. The van der Waals surface area contributed by atoms with Gasteiger partial charge < -0.3 is 5.73 Å². The number of aromatic nitrogens is 1. The number of nitrogens with zero attached hydrogens (tertiary/aromatic N) is 1. The smallest absolute Gasteiger partial charge is 0.0270 e. The molecule has 1 aromatic rings. The first-order valence-corrected chi connectivity index (χ1v) is 7.57. The van der Waals surface area contributed by atoms with Crippen molar-refractivity contribution in [3.63, 3.8) is 0 Å². The van der Waals surface area contributed by atoms with Crippen LogP contribution in [-0.2, 0) is 6.42 Å². The lowest BCUT2D eigenvalue weighted by atomic mass is 9.76. The molecule has 0 bridgehead atoms. The van der Waals surface area contributed by atoms with Gasteiger partial charge in [0, 0.05) is 17.9 Å². The first-order valence-electron chi connectivity index (χ1n) is 7.57. The fraction of sp³-hybridized carbons (Fsp3) is 0.706. The SMILES string of the molecule is CC(C)(C)C1CCCC(N)(Cc2ccncc2)CC1. The highest BCUT2D eigenvalue weighted by atomic mass is 14.7. The van der Waals surface area contributed by atoms with Crippen LogP contribution in [0.2, 0.25) is 0 Å². The first kappa shape index (κ1) is 14.5. The Morgan fingerprint density at radius 3 is 2.53 bits per heavy atom. The van der Waals surface area contributed by atoms with Gasteiger partial charge in [0.15, 0.2) is 0 Å². The number of hydrogen-bond donors (Lipinski definition) is 1. The van der Waals surface area contributed by atoms with Gasteiger partial charge in [-0.25, -0.2) is 0 Å². The fourth-order valence-electron chi connectivity index (χ4n) is 3.38. The van der Waals surface area contributed by atoms with E-state index >= 15 is 0 Å². The average Bonchev–Trinajstić information content (AvgIpc) is 2.52. The highest BCUT2D eigenvalue weighted by Crippen LogP contribution is 2.39. The number of pyridine rings is 1. The van der Waals surface area contributed by atoms with Gasteiger partial charge in [-0.3, -0.25) is 4.98 Å². The van der Waals surface area contributed by atoms with Crippen LogP contribution in [0.1, 0.15) is 58.4 Å². The molecule has 0 saturated heterocycles. The first-order chi connectivity index (χ1) is 8.89. The molecule has 0 spiro atoms. The summed E-state index contributed by atoms with van der Waals surface area (Å²) in [5.74, 6) is 0.815. The van der Waals surface area contributed by atoms with Crippen LogP contribution < -0.4 is 5.73 Å². The van der Waals surface area contributed by atoms with Crippen LogP contribution in [0.15, 0.2) is 24.5 Å². The Morgan fingerprint density at radius 1 is 1.21 bits per heavy atom. The summed E-state index contributed by atoms with van der Waals surface area (Å²) < 4.78 is 0. The number of hydrogen-bond acceptors (Lipinski definition) is 2. The van der Waals surface area contributed by atoms with Crippen LogP contribution in [-0.4, -0.2) is 10.5 Å². The van der Waals surface area contributed by atoms with Crippen molar-refractivity contribution >= 4 is 0 Å². The maximum Gasteiger partial charge on any atom is 0.0270 e. The second kappa shape index (κ2) is 5.62. The summed E-state index contributed by atoms with van der Waals surface area (Å²) in [5, 5.41) is 0. The summed E-state index contributed by atoms with van der Waals surface area (Å²) in [5.41, 5.74) is 8.41. The maximum absolute atomic E-state index is 6.68. The van der Waals surface area contributed by atoms with Crippen molar-refractivity contribution in [2.45, 2.75) is 64.8 Å². The van der Waals surface area contributed by atoms with E-state index in [0.717, 1.165) is 25.2 Å². The Labute approximate surface area is 117 Å². The molecule has 2 N–H and O–H groups in total. The number of rotatable bonds is 2. The van der Waals surface area contributed by atoms with E-state index in [1.165, 1.54) is 24.8 Å². The van der Waals surface area contributed by atoms with Gasteiger partial charge in [-0.05, 0) is 61.1 Å². The summed E-state index contributed by atoms with van der Waals surface area (Å²) in [6, 6.07) is 4.20. The molecule has 2 atom stereocenters. The molecule has 19 heavy (non-hydrogen) atoms. The molecule has 1 fully saturated rings. The van der Waals surface area contributed by atoms with Crippen LogP contribution in [0.25, 0.3) is 0 Å².